The van der Waals surface area contributed by atoms with Gasteiger partial charge in [-0.3, -0.25) is 14.9 Å². The predicted octanol–water partition coefficient (Wildman–Crippen LogP) is 0.383. The van der Waals surface area contributed by atoms with Gasteiger partial charge in [-0.1, -0.05) is 0 Å². The number of rotatable bonds is 3. The number of anilines is 2. The molecule has 1 aliphatic heterocycles. The van der Waals surface area contributed by atoms with Gasteiger partial charge in [0.15, 0.2) is 6.54 Å². The minimum absolute atomic E-state index is 0.290. The molecule has 1 aromatic rings. The Morgan fingerprint density at radius 2 is 1.90 bits per heavy atom. The van der Waals surface area contributed by atoms with E-state index >= 15 is 0 Å². The van der Waals surface area contributed by atoms with E-state index in [9.17, 15) is 10.0 Å². The summed E-state index contributed by atoms with van der Waals surface area (Å²) in [4.78, 5) is 14.4. The number of nitrogen functional groups attached to an aromatic ring is 1. The molecule has 1 amide bonds. The number of benzene rings is 1. The van der Waals surface area contributed by atoms with Gasteiger partial charge >= 0.3 is 5.91 Å². The van der Waals surface area contributed by atoms with E-state index in [0.717, 1.165) is 31.2 Å². The summed E-state index contributed by atoms with van der Waals surface area (Å²) in [6.07, 6.45) is 0. The highest BCUT2D eigenvalue weighted by Gasteiger charge is 2.31. The first-order valence-electron chi connectivity index (χ1n) is 6.79. The molecular formula is C14H23N4O2+. The minimum Gasteiger partial charge on any atom is -0.399 e. The quantitative estimate of drug-likeness (QED) is 0.363. The van der Waals surface area contributed by atoms with Crippen LogP contribution in [-0.4, -0.2) is 67.3 Å². The lowest BCUT2D eigenvalue weighted by Crippen LogP contribution is -2.59. The van der Waals surface area contributed by atoms with Gasteiger partial charge < -0.3 is 10.2 Å². The lowest BCUT2D eigenvalue weighted by molar-refractivity contribution is -0.906. The van der Waals surface area contributed by atoms with Crippen LogP contribution in [-0.2, 0) is 4.79 Å². The lowest BCUT2D eigenvalue weighted by atomic mass is 10.2. The second-order valence-electron chi connectivity index (χ2n) is 5.83. The SMILES string of the molecule is CN1CC[N+](C)(CC(=O)N(O)c2ccc(N)cc2)CC1. The maximum atomic E-state index is 12.2. The van der Waals surface area contributed by atoms with Crippen LogP contribution in [0.3, 0.4) is 0 Å². The van der Waals surface area contributed by atoms with E-state index < -0.39 is 0 Å². The number of quaternary nitrogens is 1. The van der Waals surface area contributed by atoms with Crippen LogP contribution in [0.15, 0.2) is 24.3 Å². The van der Waals surface area contributed by atoms with Crippen molar-refractivity contribution in [3.63, 3.8) is 0 Å². The van der Waals surface area contributed by atoms with Gasteiger partial charge in [-0.15, -0.1) is 0 Å². The predicted molar refractivity (Wildman–Crippen MR) is 78.4 cm³/mol. The van der Waals surface area contributed by atoms with Crippen LogP contribution in [0, 0.1) is 0 Å². The number of hydrogen-bond acceptors (Lipinski definition) is 4. The molecular weight excluding hydrogens is 256 g/mol. The van der Waals surface area contributed by atoms with Crippen LogP contribution < -0.4 is 10.8 Å². The summed E-state index contributed by atoms with van der Waals surface area (Å²) < 4.78 is 0.662. The first-order chi connectivity index (χ1) is 9.39. The molecule has 0 aromatic heterocycles. The third kappa shape index (κ3) is 3.47. The molecule has 20 heavy (non-hydrogen) atoms. The summed E-state index contributed by atoms with van der Waals surface area (Å²) in [5, 5.41) is 10.7. The van der Waals surface area contributed by atoms with Crippen molar-refractivity contribution in [2.75, 3.05) is 57.6 Å². The maximum absolute atomic E-state index is 12.2. The molecule has 1 aromatic carbocycles. The molecule has 0 saturated carbocycles. The summed E-state index contributed by atoms with van der Waals surface area (Å²) in [7, 11) is 4.14. The normalized spacial score (nSPS) is 18.8. The van der Waals surface area contributed by atoms with E-state index in [0.29, 0.717) is 22.4 Å². The van der Waals surface area contributed by atoms with Crippen LogP contribution in [0.25, 0.3) is 0 Å². The van der Waals surface area contributed by atoms with Gasteiger partial charge in [-0.05, 0) is 31.3 Å². The number of nitrogens with two attached hydrogens (primary N) is 1. The monoisotopic (exact) mass is 279 g/mol. The summed E-state index contributed by atoms with van der Waals surface area (Å²) in [5.41, 5.74) is 6.65. The first kappa shape index (κ1) is 14.8. The number of amides is 1. The van der Waals surface area contributed by atoms with Crippen LogP contribution >= 0.6 is 0 Å². The molecule has 6 heteroatoms. The second kappa shape index (κ2) is 5.78. The fourth-order valence-corrected chi connectivity index (χ4v) is 2.36. The van der Waals surface area contributed by atoms with E-state index in [1.54, 1.807) is 24.3 Å². The average Bonchev–Trinajstić information content (AvgIpc) is 2.42. The topological polar surface area (TPSA) is 69.8 Å². The number of likely N-dealkylation sites (N-methyl/N-ethyl adjacent to an activating group) is 2. The van der Waals surface area contributed by atoms with Crippen molar-refractivity contribution in [3.05, 3.63) is 24.3 Å². The van der Waals surface area contributed by atoms with Gasteiger partial charge in [0.1, 0.15) is 0 Å². The van der Waals surface area contributed by atoms with Crippen LogP contribution in [0.2, 0.25) is 0 Å². The van der Waals surface area contributed by atoms with Gasteiger partial charge in [0.05, 0.1) is 25.8 Å². The smallest absolute Gasteiger partial charge is 0.305 e. The average molecular weight is 279 g/mol. The molecule has 1 heterocycles. The zero-order chi connectivity index (χ0) is 14.8. The zero-order valence-corrected chi connectivity index (χ0v) is 12.1. The maximum Gasteiger partial charge on any atom is 0.305 e. The molecule has 0 atom stereocenters. The molecule has 0 radical (unpaired) electrons. The van der Waals surface area contributed by atoms with Gasteiger partial charge in [0.25, 0.3) is 0 Å². The fraction of sp³-hybridized carbons (Fsp3) is 0.500. The second-order valence-corrected chi connectivity index (χ2v) is 5.83. The van der Waals surface area contributed by atoms with E-state index in [4.69, 9.17) is 5.73 Å². The largest absolute Gasteiger partial charge is 0.399 e. The summed E-state index contributed by atoms with van der Waals surface area (Å²) in [6, 6.07) is 6.60. The standard InChI is InChI=1S/C14H23N4O2/c1-16-7-9-18(2,10-8-16)11-14(19)17(20)13-5-3-12(15)4-6-13/h3-6,20H,7-11,15H2,1-2H3/q+1. The van der Waals surface area contributed by atoms with Gasteiger partial charge in [-0.25, -0.2) is 0 Å². The van der Waals surface area contributed by atoms with E-state index in [-0.39, 0.29) is 5.91 Å². The molecule has 3 N–H and O–H groups in total. The lowest BCUT2D eigenvalue weighted by Gasteiger charge is -2.40. The molecule has 2 rings (SSSR count). The van der Waals surface area contributed by atoms with E-state index in [2.05, 4.69) is 19.0 Å². The van der Waals surface area contributed by atoms with Crippen LogP contribution in [0.1, 0.15) is 0 Å². The van der Waals surface area contributed by atoms with E-state index in [1.807, 2.05) is 0 Å². The van der Waals surface area contributed by atoms with Crippen molar-refractivity contribution in [2.45, 2.75) is 0 Å². The fourth-order valence-electron chi connectivity index (χ4n) is 2.36. The Kier molecular flexibility index (Phi) is 4.27. The Balaban J connectivity index is 1.99. The highest BCUT2D eigenvalue weighted by Crippen LogP contribution is 2.16. The van der Waals surface area contributed by atoms with Crippen molar-refractivity contribution < 1.29 is 14.5 Å². The summed E-state index contributed by atoms with van der Waals surface area (Å²) in [5.74, 6) is -0.290. The number of hydroxylamine groups is 1. The molecule has 1 fully saturated rings. The molecule has 6 nitrogen and oxygen atoms in total. The van der Waals surface area contributed by atoms with Gasteiger partial charge in [-0.2, -0.15) is 5.06 Å². The van der Waals surface area contributed by atoms with Crippen molar-refractivity contribution in [2.24, 2.45) is 0 Å². The third-order valence-electron chi connectivity index (χ3n) is 3.93. The van der Waals surface area contributed by atoms with Crippen molar-refractivity contribution >= 4 is 17.3 Å². The Morgan fingerprint density at radius 1 is 1.35 bits per heavy atom. The van der Waals surface area contributed by atoms with Gasteiger partial charge in [0.2, 0.25) is 0 Å². The molecule has 0 spiro atoms. The van der Waals surface area contributed by atoms with Crippen LogP contribution in [0.5, 0.6) is 0 Å². The van der Waals surface area contributed by atoms with E-state index in [1.165, 1.54) is 0 Å². The summed E-state index contributed by atoms with van der Waals surface area (Å²) >= 11 is 0. The van der Waals surface area contributed by atoms with Crippen LogP contribution in [0.4, 0.5) is 11.4 Å². The highest BCUT2D eigenvalue weighted by atomic mass is 16.5. The Hall–Kier alpha value is -1.63. The number of carbonyl (C=O) groups excluding carboxylic acids is 1. The molecule has 1 saturated heterocycles. The Bertz CT molecular complexity index is 467. The van der Waals surface area contributed by atoms with Crippen molar-refractivity contribution in [1.82, 2.24) is 4.90 Å². The van der Waals surface area contributed by atoms with Crippen molar-refractivity contribution in [1.29, 1.82) is 0 Å². The third-order valence-corrected chi connectivity index (χ3v) is 3.93. The number of nitrogens with zero attached hydrogens (tertiary/aromatic N) is 3. The van der Waals surface area contributed by atoms with Crippen molar-refractivity contribution in [3.8, 4) is 0 Å². The molecule has 0 aliphatic carbocycles. The molecule has 0 unspecified atom stereocenters. The molecule has 0 bridgehead atoms. The first-order valence-corrected chi connectivity index (χ1v) is 6.79. The zero-order valence-electron chi connectivity index (χ0n) is 12.1. The molecule has 1 aliphatic rings. The highest BCUT2D eigenvalue weighted by molar-refractivity contribution is 5.92. The molecule has 110 valence electrons. The Morgan fingerprint density at radius 3 is 2.45 bits per heavy atom. The minimum atomic E-state index is -0.290. The Labute approximate surface area is 119 Å². The number of hydrogen-bond donors (Lipinski definition) is 2. The number of carbonyl (C=O) groups is 1. The van der Waals surface area contributed by atoms with Gasteiger partial charge in [0, 0.05) is 18.8 Å². The summed E-state index contributed by atoms with van der Waals surface area (Å²) in [6.45, 7) is 4.07. The number of piperazine rings is 1.